The van der Waals surface area contributed by atoms with Crippen molar-refractivity contribution in [3.63, 3.8) is 0 Å². The predicted molar refractivity (Wildman–Crippen MR) is 82.0 cm³/mol. The van der Waals surface area contributed by atoms with Crippen LogP contribution in [-0.4, -0.2) is 25.5 Å². The third-order valence-electron chi connectivity index (χ3n) is 3.17. The Morgan fingerprint density at radius 1 is 0.789 bits per heavy atom. The van der Waals surface area contributed by atoms with Crippen LogP contribution in [0.5, 0.6) is 0 Å². The summed E-state index contributed by atoms with van der Waals surface area (Å²) >= 11 is 0. The molecule has 2 nitrogen and oxygen atoms in total. The lowest BCUT2D eigenvalue weighted by molar-refractivity contribution is 0.402. The van der Waals surface area contributed by atoms with Gasteiger partial charge in [0.1, 0.15) is 0 Å². The fraction of sp³-hybridized carbons (Fsp3) is 0.294. The van der Waals surface area contributed by atoms with Crippen LogP contribution in [0.25, 0.3) is 11.1 Å². The fourth-order valence-corrected chi connectivity index (χ4v) is 2.20. The van der Waals surface area contributed by atoms with E-state index in [0.717, 1.165) is 13.0 Å². The molecule has 0 radical (unpaired) electrons. The summed E-state index contributed by atoms with van der Waals surface area (Å²) < 4.78 is 0. The van der Waals surface area contributed by atoms with E-state index >= 15 is 0 Å². The Balaban J connectivity index is 2.13. The molecule has 19 heavy (non-hydrogen) atoms. The molecule has 0 aliphatic heterocycles. The van der Waals surface area contributed by atoms with E-state index in [1.165, 1.54) is 22.3 Å². The predicted octanol–water partition coefficient (Wildman–Crippen LogP) is 2.92. The van der Waals surface area contributed by atoms with Crippen molar-refractivity contribution in [3.05, 3.63) is 59.7 Å². The average Bonchev–Trinajstić information content (AvgIpc) is 2.40. The molecule has 0 saturated carbocycles. The molecule has 0 saturated heterocycles. The minimum Gasteiger partial charge on any atom is -0.330 e. The summed E-state index contributed by atoms with van der Waals surface area (Å²) in [5.74, 6) is 0. The van der Waals surface area contributed by atoms with E-state index in [-0.39, 0.29) is 0 Å². The highest BCUT2D eigenvalue weighted by atomic mass is 15.0. The van der Waals surface area contributed by atoms with Crippen molar-refractivity contribution in [2.24, 2.45) is 5.73 Å². The van der Waals surface area contributed by atoms with Crippen LogP contribution < -0.4 is 5.73 Å². The number of benzene rings is 2. The molecule has 0 aliphatic carbocycles. The second-order valence-corrected chi connectivity index (χ2v) is 5.17. The van der Waals surface area contributed by atoms with E-state index in [0.29, 0.717) is 6.54 Å². The van der Waals surface area contributed by atoms with E-state index in [9.17, 15) is 0 Å². The lowest BCUT2D eigenvalue weighted by Gasteiger charge is -2.10. The highest BCUT2D eigenvalue weighted by Gasteiger charge is 2.00. The average molecular weight is 254 g/mol. The van der Waals surface area contributed by atoms with Gasteiger partial charge >= 0.3 is 0 Å². The lowest BCUT2D eigenvalue weighted by Crippen LogP contribution is -2.10. The van der Waals surface area contributed by atoms with E-state index in [1.807, 2.05) is 0 Å². The molecule has 0 atom stereocenters. The van der Waals surface area contributed by atoms with Crippen molar-refractivity contribution in [2.45, 2.75) is 13.0 Å². The Bertz CT molecular complexity index is 498. The van der Waals surface area contributed by atoms with Gasteiger partial charge in [0.05, 0.1) is 0 Å². The lowest BCUT2D eigenvalue weighted by atomic mass is 10.0. The van der Waals surface area contributed by atoms with Gasteiger partial charge in [-0.3, -0.25) is 0 Å². The van der Waals surface area contributed by atoms with Crippen LogP contribution in [0.2, 0.25) is 0 Å². The van der Waals surface area contributed by atoms with Crippen LogP contribution in [0.4, 0.5) is 0 Å². The molecule has 2 aromatic rings. The third kappa shape index (κ3) is 3.91. The maximum Gasteiger partial charge on any atom is 0.0227 e. The summed E-state index contributed by atoms with van der Waals surface area (Å²) in [4.78, 5) is 2.18. The smallest absolute Gasteiger partial charge is 0.0227 e. The zero-order chi connectivity index (χ0) is 13.7. The molecule has 0 heterocycles. The Labute approximate surface area is 115 Å². The monoisotopic (exact) mass is 254 g/mol. The first-order valence-electron chi connectivity index (χ1n) is 6.72. The zero-order valence-corrected chi connectivity index (χ0v) is 11.8. The number of nitrogens with two attached hydrogens (primary N) is 1. The second-order valence-electron chi connectivity index (χ2n) is 5.17. The molecule has 100 valence electrons. The first-order chi connectivity index (χ1) is 9.19. The number of hydrogen-bond acceptors (Lipinski definition) is 2. The summed E-state index contributed by atoms with van der Waals surface area (Å²) in [6.07, 6.45) is 0.946. The van der Waals surface area contributed by atoms with Gasteiger partial charge in [0, 0.05) is 6.54 Å². The van der Waals surface area contributed by atoms with Crippen molar-refractivity contribution in [3.8, 4) is 11.1 Å². The van der Waals surface area contributed by atoms with Crippen LogP contribution in [0, 0.1) is 0 Å². The standard InChI is InChI=1S/C17H22N2/c1-19(2)13-15-5-9-17(10-6-15)16-7-3-14(4-8-16)11-12-18/h3-10H,11-13,18H2,1-2H3. The maximum absolute atomic E-state index is 5.56. The number of hydrogen-bond donors (Lipinski definition) is 1. The van der Waals surface area contributed by atoms with Gasteiger partial charge in [0.2, 0.25) is 0 Å². The first kappa shape index (κ1) is 13.8. The van der Waals surface area contributed by atoms with E-state index < -0.39 is 0 Å². The minimum absolute atomic E-state index is 0.707. The molecule has 0 fully saturated rings. The molecule has 0 spiro atoms. The van der Waals surface area contributed by atoms with Crippen molar-refractivity contribution in [1.82, 2.24) is 4.90 Å². The molecule has 2 N–H and O–H groups in total. The van der Waals surface area contributed by atoms with Gasteiger partial charge in [-0.25, -0.2) is 0 Å². The van der Waals surface area contributed by atoms with Gasteiger partial charge in [-0.1, -0.05) is 48.5 Å². The molecule has 2 heteroatoms. The van der Waals surface area contributed by atoms with Gasteiger partial charge in [0.25, 0.3) is 0 Å². The van der Waals surface area contributed by atoms with Gasteiger partial charge in [-0.2, -0.15) is 0 Å². The Kier molecular flexibility index (Phi) is 4.72. The fourth-order valence-electron chi connectivity index (χ4n) is 2.20. The molecule has 2 aromatic carbocycles. The van der Waals surface area contributed by atoms with Gasteiger partial charge < -0.3 is 10.6 Å². The van der Waals surface area contributed by atoms with Gasteiger partial charge in [-0.05, 0) is 49.3 Å². The second kappa shape index (κ2) is 6.50. The van der Waals surface area contributed by atoms with Crippen molar-refractivity contribution < 1.29 is 0 Å². The summed E-state index contributed by atoms with van der Waals surface area (Å²) in [6, 6.07) is 17.4. The van der Waals surface area contributed by atoms with Crippen LogP contribution in [0.15, 0.2) is 48.5 Å². The molecule has 0 bridgehead atoms. The summed E-state index contributed by atoms with van der Waals surface area (Å²) in [5.41, 5.74) is 10.7. The Morgan fingerprint density at radius 2 is 1.26 bits per heavy atom. The Morgan fingerprint density at radius 3 is 1.68 bits per heavy atom. The molecule has 0 amide bonds. The van der Waals surface area contributed by atoms with Crippen molar-refractivity contribution in [1.29, 1.82) is 0 Å². The molecular weight excluding hydrogens is 232 g/mol. The first-order valence-corrected chi connectivity index (χ1v) is 6.72. The zero-order valence-electron chi connectivity index (χ0n) is 11.8. The van der Waals surface area contributed by atoms with Crippen LogP contribution in [0.3, 0.4) is 0 Å². The maximum atomic E-state index is 5.56. The quantitative estimate of drug-likeness (QED) is 0.889. The Hall–Kier alpha value is -1.64. The van der Waals surface area contributed by atoms with E-state index in [1.54, 1.807) is 0 Å². The normalized spacial score (nSPS) is 10.9. The van der Waals surface area contributed by atoms with Crippen LogP contribution in [0.1, 0.15) is 11.1 Å². The summed E-state index contributed by atoms with van der Waals surface area (Å²) in [7, 11) is 4.17. The highest BCUT2D eigenvalue weighted by Crippen LogP contribution is 2.20. The molecule has 0 aromatic heterocycles. The van der Waals surface area contributed by atoms with Gasteiger partial charge in [0.15, 0.2) is 0 Å². The molecule has 2 rings (SSSR count). The molecule has 0 unspecified atom stereocenters. The van der Waals surface area contributed by atoms with Crippen molar-refractivity contribution in [2.75, 3.05) is 20.6 Å². The third-order valence-corrected chi connectivity index (χ3v) is 3.17. The van der Waals surface area contributed by atoms with Gasteiger partial charge in [-0.15, -0.1) is 0 Å². The molecule has 0 aliphatic rings. The number of rotatable bonds is 5. The molecular formula is C17H22N2. The van der Waals surface area contributed by atoms with Crippen molar-refractivity contribution >= 4 is 0 Å². The van der Waals surface area contributed by atoms with E-state index in [4.69, 9.17) is 5.73 Å². The number of nitrogens with zero attached hydrogens (tertiary/aromatic N) is 1. The van der Waals surface area contributed by atoms with E-state index in [2.05, 4.69) is 67.5 Å². The summed E-state index contributed by atoms with van der Waals surface area (Å²) in [5, 5.41) is 0. The summed E-state index contributed by atoms with van der Waals surface area (Å²) in [6.45, 7) is 1.69. The topological polar surface area (TPSA) is 29.3 Å². The van der Waals surface area contributed by atoms with Crippen LogP contribution in [-0.2, 0) is 13.0 Å². The SMILES string of the molecule is CN(C)Cc1ccc(-c2ccc(CCN)cc2)cc1. The largest absolute Gasteiger partial charge is 0.330 e. The minimum atomic E-state index is 0.707. The van der Waals surface area contributed by atoms with Crippen LogP contribution >= 0.6 is 0 Å². The highest BCUT2D eigenvalue weighted by molar-refractivity contribution is 5.63.